The lowest BCUT2D eigenvalue weighted by atomic mass is 9.86. The van der Waals surface area contributed by atoms with E-state index in [1.165, 1.54) is 25.7 Å². The first kappa shape index (κ1) is 10.6. The van der Waals surface area contributed by atoms with E-state index in [0.717, 1.165) is 17.4 Å². The molecule has 1 fully saturated rings. The summed E-state index contributed by atoms with van der Waals surface area (Å²) in [7, 11) is 0. The number of nitrogens with one attached hydrogen (secondary N) is 1. The van der Waals surface area contributed by atoms with Crippen LogP contribution in [0.5, 0.6) is 0 Å². The summed E-state index contributed by atoms with van der Waals surface area (Å²) in [5.74, 6) is 1.71. The quantitative estimate of drug-likeness (QED) is 0.862. The molecule has 4 heteroatoms. The molecule has 1 aliphatic rings. The highest BCUT2D eigenvalue weighted by molar-refractivity contribution is 5.45. The molecule has 90 valence electrons. The third-order valence-corrected chi connectivity index (χ3v) is 3.70. The maximum atomic E-state index is 4.55. The van der Waals surface area contributed by atoms with Crippen LogP contribution in [0.15, 0.2) is 24.5 Å². The maximum Gasteiger partial charge on any atom is 0.157 e. The number of fused-ring (bicyclic) bond motifs is 1. The lowest BCUT2D eigenvalue weighted by molar-refractivity contribution is 0.349. The Labute approximate surface area is 101 Å². The normalized spacial score (nSPS) is 25.0. The number of rotatable bonds is 2. The third-order valence-electron chi connectivity index (χ3n) is 3.70. The van der Waals surface area contributed by atoms with Crippen LogP contribution >= 0.6 is 0 Å². The molecule has 0 aromatic carbocycles. The van der Waals surface area contributed by atoms with Gasteiger partial charge in [0.15, 0.2) is 5.65 Å². The van der Waals surface area contributed by atoms with Crippen LogP contribution in [0.3, 0.4) is 0 Å². The minimum Gasteiger partial charge on any atom is -0.367 e. The molecule has 1 aliphatic carbocycles. The lowest BCUT2D eigenvalue weighted by Gasteiger charge is -2.29. The molecule has 0 bridgehead atoms. The molecule has 2 unspecified atom stereocenters. The largest absolute Gasteiger partial charge is 0.367 e. The summed E-state index contributed by atoms with van der Waals surface area (Å²) in [5, 5.41) is 7.71. The SMILES string of the molecule is CC1CCCCC1Nc1ccn2nccc2n1. The topological polar surface area (TPSA) is 42.2 Å². The average Bonchev–Trinajstić information content (AvgIpc) is 2.79. The zero-order valence-electron chi connectivity index (χ0n) is 10.1. The smallest absolute Gasteiger partial charge is 0.157 e. The number of anilines is 1. The molecule has 2 aromatic heterocycles. The monoisotopic (exact) mass is 230 g/mol. The van der Waals surface area contributed by atoms with Crippen molar-refractivity contribution in [3.63, 3.8) is 0 Å². The Morgan fingerprint density at radius 1 is 1.29 bits per heavy atom. The van der Waals surface area contributed by atoms with Crippen LogP contribution in [0, 0.1) is 5.92 Å². The van der Waals surface area contributed by atoms with Crippen molar-refractivity contribution in [2.45, 2.75) is 38.6 Å². The van der Waals surface area contributed by atoms with Gasteiger partial charge in [-0.2, -0.15) is 5.10 Å². The molecular weight excluding hydrogens is 212 g/mol. The first-order chi connectivity index (χ1) is 8.33. The van der Waals surface area contributed by atoms with Crippen molar-refractivity contribution in [3.8, 4) is 0 Å². The summed E-state index contributed by atoms with van der Waals surface area (Å²) < 4.78 is 1.79. The van der Waals surface area contributed by atoms with Crippen molar-refractivity contribution in [2.75, 3.05) is 5.32 Å². The van der Waals surface area contributed by atoms with Crippen molar-refractivity contribution >= 4 is 11.5 Å². The molecule has 4 nitrogen and oxygen atoms in total. The van der Waals surface area contributed by atoms with Gasteiger partial charge in [-0.3, -0.25) is 0 Å². The summed E-state index contributed by atoms with van der Waals surface area (Å²) in [6.07, 6.45) is 9.01. The fourth-order valence-corrected chi connectivity index (χ4v) is 2.61. The molecule has 0 amide bonds. The van der Waals surface area contributed by atoms with E-state index in [1.54, 1.807) is 10.7 Å². The van der Waals surface area contributed by atoms with Gasteiger partial charge in [-0.1, -0.05) is 19.8 Å². The summed E-state index contributed by atoms with van der Waals surface area (Å²) >= 11 is 0. The van der Waals surface area contributed by atoms with Gasteiger partial charge in [0, 0.05) is 18.3 Å². The van der Waals surface area contributed by atoms with E-state index in [-0.39, 0.29) is 0 Å². The number of hydrogen-bond donors (Lipinski definition) is 1. The van der Waals surface area contributed by atoms with E-state index in [4.69, 9.17) is 0 Å². The second-order valence-corrected chi connectivity index (χ2v) is 4.96. The number of hydrogen-bond acceptors (Lipinski definition) is 3. The Bertz CT molecular complexity index is 505. The molecule has 3 rings (SSSR count). The fraction of sp³-hybridized carbons (Fsp3) is 0.538. The molecule has 1 saturated carbocycles. The van der Waals surface area contributed by atoms with Crippen molar-refractivity contribution in [1.29, 1.82) is 0 Å². The zero-order chi connectivity index (χ0) is 11.7. The van der Waals surface area contributed by atoms with Crippen LogP contribution in [0.4, 0.5) is 5.82 Å². The molecular formula is C13H18N4. The first-order valence-corrected chi connectivity index (χ1v) is 6.40. The molecule has 17 heavy (non-hydrogen) atoms. The molecule has 0 saturated heterocycles. The number of nitrogens with zero attached hydrogens (tertiary/aromatic N) is 3. The molecule has 0 radical (unpaired) electrons. The van der Waals surface area contributed by atoms with Crippen LogP contribution in [0.2, 0.25) is 0 Å². The molecule has 2 aromatic rings. The molecule has 1 N–H and O–H groups in total. The van der Waals surface area contributed by atoms with Gasteiger partial charge in [-0.25, -0.2) is 9.50 Å². The molecule has 0 aliphatic heterocycles. The van der Waals surface area contributed by atoms with Crippen LogP contribution in [0.1, 0.15) is 32.6 Å². The zero-order valence-corrected chi connectivity index (χ0v) is 10.1. The van der Waals surface area contributed by atoms with Gasteiger partial charge in [0.1, 0.15) is 5.82 Å². The van der Waals surface area contributed by atoms with E-state index in [9.17, 15) is 0 Å². The highest BCUT2D eigenvalue weighted by Crippen LogP contribution is 2.26. The minimum absolute atomic E-state index is 0.571. The van der Waals surface area contributed by atoms with E-state index in [1.807, 2.05) is 18.3 Å². The second kappa shape index (κ2) is 4.35. The predicted molar refractivity (Wildman–Crippen MR) is 68.0 cm³/mol. The Hall–Kier alpha value is -1.58. The van der Waals surface area contributed by atoms with E-state index in [0.29, 0.717) is 6.04 Å². The van der Waals surface area contributed by atoms with E-state index >= 15 is 0 Å². The predicted octanol–water partition coefficient (Wildman–Crippen LogP) is 2.72. The Kier molecular flexibility index (Phi) is 2.71. The van der Waals surface area contributed by atoms with Crippen molar-refractivity contribution < 1.29 is 0 Å². The summed E-state index contributed by atoms with van der Waals surface area (Å²) in [6, 6.07) is 4.50. The molecule has 0 spiro atoms. The van der Waals surface area contributed by atoms with Gasteiger partial charge in [0.05, 0.1) is 6.20 Å². The molecule has 2 heterocycles. The van der Waals surface area contributed by atoms with Gasteiger partial charge in [0.2, 0.25) is 0 Å². The molecule has 2 atom stereocenters. The highest BCUT2D eigenvalue weighted by Gasteiger charge is 2.21. The van der Waals surface area contributed by atoms with Crippen LogP contribution in [-0.2, 0) is 0 Å². The standard InChI is InChI=1S/C13H18N4/c1-10-4-2-3-5-11(10)15-12-7-9-17-13(16-12)6-8-14-17/h6-11H,2-5H2,1H3,(H,15,16). The summed E-state index contributed by atoms with van der Waals surface area (Å²) in [6.45, 7) is 2.33. The third kappa shape index (κ3) is 2.12. The maximum absolute atomic E-state index is 4.55. The van der Waals surface area contributed by atoms with Crippen molar-refractivity contribution in [3.05, 3.63) is 24.5 Å². The van der Waals surface area contributed by atoms with Crippen LogP contribution in [-0.4, -0.2) is 20.6 Å². The van der Waals surface area contributed by atoms with E-state index < -0.39 is 0 Å². The van der Waals surface area contributed by atoms with Crippen molar-refractivity contribution in [2.24, 2.45) is 5.92 Å². The fourth-order valence-electron chi connectivity index (χ4n) is 2.61. The number of aromatic nitrogens is 3. The Balaban J connectivity index is 1.79. The van der Waals surface area contributed by atoms with Gasteiger partial charge in [0.25, 0.3) is 0 Å². The van der Waals surface area contributed by atoms with Gasteiger partial charge in [-0.15, -0.1) is 0 Å². The van der Waals surface area contributed by atoms with Crippen molar-refractivity contribution in [1.82, 2.24) is 14.6 Å². The van der Waals surface area contributed by atoms with Crippen LogP contribution in [0.25, 0.3) is 5.65 Å². The average molecular weight is 230 g/mol. The van der Waals surface area contributed by atoms with Gasteiger partial charge >= 0.3 is 0 Å². The Morgan fingerprint density at radius 3 is 3.06 bits per heavy atom. The lowest BCUT2D eigenvalue weighted by Crippen LogP contribution is -2.30. The summed E-state index contributed by atoms with van der Waals surface area (Å²) in [4.78, 5) is 4.55. The van der Waals surface area contributed by atoms with Gasteiger partial charge < -0.3 is 5.32 Å². The van der Waals surface area contributed by atoms with Crippen LogP contribution < -0.4 is 5.32 Å². The summed E-state index contributed by atoms with van der Waals surface area (Å²) in [5.41, 5.74) is 0.901. The first-order valence-electron chi connectivity index (χ1n) is 6.40. The minimum atomic E-state index is 0.571. The van der Waals surface area contributed by atoms with E-state index in [2.05, 4.69) is 22.3 Å². The Morgan fingerprint density at radius 2 is 2.18 bits per heavy atom. The van der Waals surface area contributed by atoms with Gasteiger partial charge in [-0.05, 0) is 24.8 Å². The highest BCUT2D eigenvalue weighted by atomic mass is 15.2. The second-order valence-electron chi connectivity index (χ2n) is 4.96.